The maximum Gasteiger partial charge on any atom is 0.291 e. The molecule has 1 fully saturated rings. The molecule has 4 heteroatoms. The molecule has 3 rings (SSSR count). The van der Waals surface area contributed by atoms with Crippen molar-refractivity contribution in [2.24, 2.45) is 0 Å². The van der Waals surface area contributed by atoms with Gasteiger partial charge in [-0.2, -0.15) is 0 Å². The fraction of sp³-hybridized carbons (Fsp3) is 0.267. The van der Waals surface area contributed by atoms with Crippen LogP contribution in [0.3, 0.4) is 0 Å². The molecule has 1 amide bonds. The third kappa shape index (κ3) is 3.23. The monoisotopic (exact) mass is 256 g/mol. The van der Waals surface area contributed by atoms with E-state index in [4.69, 9.17) is 4.42 Å². The molecule has 2 N–H and O–H groups in total. The Kier molecular flexibility index (Phi) is 3.33. The summed E-state index contributed by atoms with van der Waals surface area (Å²) >= 11 is 0. The van der Waals surface area contributed by atoms with Crippen molar-refractivity contribution in [1.82, 2.24) is 5.32 Å². The third-order valence-corrected chi connectivity index (χ3v) is 3.10. The summed E-state index contributed by atoms with van der Waals surface area (Å²) in [6.45, 7) is 0.842. The second-order valence-corrected chi connectivity index (χ2v) is 4.79. The molecular formula is C15H16N2O2. The van der Waals surface area contributed by atoms with Crippen LogP contribution in [0.4, 0.5) is 5.69 Å². The lowest BCUT2D eigenvalue weighted by molar-refractivity contribution is 0.0996. The van der Waals surface area contributed by atoms with Gasteiger partial charge in [-0.05, 0) is 42.7 Å². The fourth-order valence-corrected chi connectivity index (χ4v) is 1.91. The highest BCUT2D eigenvalue weighted by molar-refractivity contribution is 6.02. The topological polar surface area (TPSA) is 54.3 Å². The molecular weight excluding hydrogens is 240 g/mol. The van der Waals surface area contributed by atoms with Crippen LogP contribution in [-0.4, -0.2) is 11.9 Å². The minimum Gasteiger partial charge on any atom is -0.459 e. The summed E-state index contributed by atoms with van der Waals surface area (Å²) in [4.78, 5) is 11.8. The standard InChI is InChI=1S/C15H16N2O2/c18-15(14-5-2-8-19-14)17-13-4-1-3-11(9-13)10-16-12-6-7-12/h1-5,8-9,12,16H,6-7,10H2,(H,17,18). The Morgan fingerprint density at radius 1 is 1.26 bits per heavy atom. The zero-order chi connectivity index (χ0) is 13.1. The molecule has 1 aliphatic rings. The highest BCUT2D eigenvalue weighted by Crippen LogP contribution is 2.20. The van der Waals surface area contributed by atoms with Crippen LogP contribution in [0.5, 0.6) is 0 Å². The van der Waals surface area contributed by atoms with Crippen molar-refractivity contribution in [2.75, 3.05) is 5.32 Å². The zero-order valence-corrected chi connectivity index (χ0v) is 10.6. The van der Waals surface area contributed by atoms with Crippen LogP contribution in [-0.2, 0) is 6.54 Å². The van der Waals surface area contributed by atoms with Crippen LogP contribution < -0.4 is 10.6 Å². The summed E-state index contributed by atoms with van der Waals surface area (Å²) in [6.07, 6.45) is 4.04. The molecule has 0 aliphatic heterocycles. The molecule has 0 spiro atoms. The summed E-state index contributed by atoms with van der Waals surface area (Å²) in [5, 5.41) is 6.28. The van der Waals surface area contributed by atoms with Gasteiger partial charge in [-0.3, -0.25) is 4.79 Å². The van der Waals surface area contributed by atoms with Gasteiger partial charge < -0.3 is 15.1 Å². The van der Waals surface area contributed by atoms with E-state index in [1.807, 2.05) is 18.2 Å². The molecule has 19 heavy (non-hydrogen) atoms. The number of anilines is 1. The number of carbonyl (C=O) groups excluding carboxylic acids is 1. The fourth-order valence-electron chi connectivity index (χ4n) is 1.91. The molecule has 1 aromatic carbocycles. The van der Waals surface area contributed by atoms with Crippen LogP contribution in [0.2, 0.25) is 0 Å². The van der Waals surface area contributed by atoms with Crippen molar-refractivity contribution < 1.29 is 9.21 Å². The highest BCUT2D eigenvalue weighted by atomic mass is 16.3. The molecule has 1 saturated carbocycles. The van der Waals surface area contributed by atoms with Gasteiger partial charge in [0.1, 0.15) is 0 Å². The van der Waals surface area contributed by atoms with Crippen molar-refractivity contribution in [1.29, 1.82) is 0 Å². The number of hydrogen-bond acceptors (Lipinski definition) is 3. The summed E-state index contributed by atoms with van der Waals surface area (Å²) < 4.78 is 5.06. The lowest BCUT2D eigenvalue weighted by Gasteiger charge is -2.07. The van der Waals surface area contributed by atoms with E-state index in [-0.39, 0.29) is 5.91 Å². The Balaban J connectivity index is 1.63. The van der Waals surface area contributed by atoms with Gasteiger partial charge in [0.25, 0.3) is 5.91 Å². The molecule has 4 nitrogen and oxygen atoms in total. The van der Waals surface area contributed by atoms with Crippen molar-refractivity contribution in [3.05, 3.63) is 54.0 Å². The van der Waals surface area contributed by atoms with Gasteiger partial charge in [0, 0.05) is 18.3 Å². The van der Waals surface area contributed by atoms with E-state index >= 15 is 0 Å². The van der Waals surface area contributed by atoms with Crippen LogP contribution >= 0.6 is 0 Å². The predicted molar refractivity (Wildman–Crippen MR) is 73.0 cm³/mol. The first-order chi connectivity index (χ1) is 9.31. The van der Waals surface area contributed by atoms with Crippen molar-refractivity contribution in [3.63, 3.8) is 0 Å². The van der Waals surface area contributed by atoms with E-state index in [1.165, 1.54) is 24.7 Å². The largest absolute Gasteiger partial charge is 0.459 e. The third-order valence-electron chi connectivity index (χ3n) is 3.10. The molecule has 0 radical (unpaired) electrons. The van der Waals surface area contributed by atoms with Crippen LogP contribution in [0.1, 0.15) is 29.0 Å². The SMILES string of the molecule is O=C(Nc1cccc(CNC2CC2)c1)c1ccco1. The molecule has 2 aromatic rings. The van der Waals surface area contributed by atoms with Crippen molar-refractivity contribution >= 4 is 11.6 Å². The quantitative estimate of drug-likeness (QED) is 0.865. The number of carbonyl (C=O) groups is 1. The predicted octanol–water partition coefficient (Wildman–Crippen LogP) is 2.78. The van der Waals surface area contributed by atoms with Gasteiger partial charge in [0.2, 0.25) is 0 Å². The van der Waals surface area contributed by atoms with Crippen molar-refractivity contribution in [3.8, 4) is 0 Å². The maximum absolute atomic E-state index is 11.8. The number of furan rings is 1. The molecule has 1 heterocycles. The lowest BCUT2D eigenvalue weighted by Crippen LogP contribution is -2.16. The normalized spacial score (nSPS) is 14.3. The summed E-state index contributed by atoms with van der Waals surface area (Å²) in [7, 11) is 0. The maximum atomic E-state index is 11.8. The summed E-state index contributed by atoms with van der Waals surface area (Å²) in [5.41, 5.74) is 1.96. The Morgan fingerprint density at radius 2 is 2.16 bits per heavy atom. The first kappa shape index (κ1) is 12.0. The molecule has 0 atom stereocenters. The van der Waals surface area contributed by atoms with Crippen molar-refractivity contribution in [2.45, 2.75) is 25.4 Å². The van der Waals surface area contributed by atoms with Crippen LogP contribution in [0.15, 0.2) is 47.1 Å². The van der Waals surface area contributed by atoms with Gasteiger partial charge >= 0.3 is 0 Å². The van der Waals surface area contributed by atoms with Crippen LogP contribution in [0, 0.1) is 0 Å². The number of amides is 1. The Bertz CT molecular complexity index is 559. The lowest BCUT2D eigenvalue weighted by atomic mass is 10.2. The van der Waals surface area contributed by atoms with E-state index in [0.717, 1.165) is 12.2 Å². The first-order valence-electron chi connectivity index (χ1n) is 6.48. The Labute approximate surface area is 111 Å². The number of nitrogens with one attached hydrogen (secondary N) is 2. The number of benzene rings is 1. The summed E-state index contributed by atoms with van der Waals surface area (Å²) in [6, 6.07) is 11.9. The Morgan fingerprint density at radius 3 is 2.89 bits per heavy atom. The highest BCUT2D eigenvalue weighted by Gasteiger charge is 2.19. The van der Waals surface area contributed by atoms with E-state index in [1.54, 1.807) is 12.1 Å². The van der Waals surface area contributed by atoms with Gasteiger partial charge in [0.15, 0.2) is 5.76 Å². The molecule has 1 aromatic heterocycles. The first-order valence-corrected chi connectivity index (χ1v) is 6.48. The van der Waals surface area contributed by atoms with Gasteiger partial charge in [-0.15, -0.1) is 0 Å². The van der Waals surface area contributed by atoms with E-state index in [2.05, 4.69) is 16.7 Å². The minimum absolute atomic E-state index is 0.225. The van der Waals surface area contributed by atoms with Crippen LogP contribution in [0.25, 0.3) is 0 Å². The average Bonchev–Trinajstić information content (AvgIpc) is 3.08. The zero-order valence-electron chi connectivity index (χ0n) is 10.6. The molecule has 0 saturated heterocycles. The molecule has 0 bridgehead atoms. The second kappa shape index (κ2) is 5.28. The number of hydrogen-bond donors (Lipinski definition) is 2. The van der Waals surface area contributed by atoms with Gasteiger partial charge in [-0.25, -0.2) is 0 Å². The average molecular weight is 256 g/mol. The van der Waals surface area contributed by atoms with E-state index in [9.17, 15) is 4.79 Å². The smallest absolute Gasteiger partial charge is 0.291 e. The molecule has 0 unspecified atom stereocenters. The van der Waals surface area contributed by atoms with E-state index < -0.39 is 0 Å². The Hall–Kier alpha value is -2.07. The van der Waals surface area contributed by atoms with Gasteiger partial charge in [-0.1, -0.05) is 12.1 Å². The molecule has 1 aliphatic carbocycles. The van der Waals surface area contributed by atoms with E-state index in [0.29, 0.717) is 11.8 Å². The number of rotatable bonds is 5. The van der Waals surface area contributed by atoms with Gasteiger partial charge in [0.05, 0.1) is 6.26 Å². The second-order valence-electron chi connectivity index (χ2n) is 4.79. The minimum atomic E-state index is -0.225. The molecule has 98 valence electrons. The summed E-state index contributed by atoms with van der Waals surface area (Å²) in [5.74, 6) is 0.0961.